The van der Waals surface area contributed by atoms with Crippen LogP contribution in [0.3, 0.4) is 0 Å². The van der Waals surface area contributed by atoms with Crippen molar-refractivity contribution in [3.05, 3.63) is 0 Å². The van der Waals surface area contributed by atoms with Crippen molar-refractivity contribution in [2.24, 2.45) is 0 Å². The van der Waals surface area contributed by atoms with E-state index in [2.05, 4.69) is 13.8 Å². The highest BCUT2D eigenvalue weighted by molar-refractivity contribution is 5.69. The lowest BCUT2D eigenvalue weighted by molar-refractivity contribution is -0.305. The molecule has 1 heterocycles. The minimum Gasteiger partial charge on any atom is -0.457 e. The van der Waals surface area contributed by atoms with E-state index in [0.29, 0.717) is 13.0 Å². The smallest absolute Gasteiger partial charge is 0.306 e. The van der Waals surface area contributed by atoms with Gasteiger partial charge in [0.1, 0.15) is 30.5 Å². The van der Waals surface area contributed by atoms with E-state index in [1.807, 2.05) is 0 Å². The summed E-state index contributed by atoms with van der Waals surface area (Å²) < 4.78 is 22.9. The number of esters is 1. The van der Waals surface area contributed by atoms with Gasteiger partial charge in [0, 0.05) is 13.0 Å². The van der Waals surface area contributed by atoms with Gasteiger partial charge in [-0.2, -0.15) is 0 Å². The van der Waals surface area contributed by atoms with E-state index in [-0.39, 0.29) is 19.2 Å². The molecule has 0 saturated carbocycles. The van der Waals surface area contributed by atoms with Gasteiger partial charge in [0.05, 0.1) is 19.8 Å². The van der Waals surface area contributed by atoms with Gasteiger partial charge in [0.15, 0.2) is 6.29 Å². The highest BCUT2D eigenvalue weighted by Gasteiger charge is 2.44. The summed E-state index contributed by atoms with van der Waals surface area (Å²) in [7, 11) is 0. The first kappa shape index (κ1) is 56.2. The van der Waals surface area contributed by atoms with Crippen molar-refractivity contribution >= 4 is 5.97 Å². The largest absolute Gasteiger partial charge is 0.457 e. The van der Waals surface area contributed by atoms with Crippen LogP contribution in [0.2, 0.25) is 0 Å². The van der Waals surface area contributed by atoms with Crippen LogP contribution in [0.15, 0.2) is 0 Å². The van der Waals surface area contributed by atoms with Gasteiger partial charge >= 0.3 is 5.97 Å². The second-order valence-electron chi connectivity index (χ2n) is 18.0. The molecule has 0 spiro atoms. The molecule has 1 aliphatic rings. The quantitative estimate of drug-likeness (QED) is 0.0349. The second-order valence-corrected chi connectivity index (χ2v) is 18.0. The molecule has 1 rings (SSSR count). The van der Waals surface area contributed by atoms with Gasteiger partial charge in [0.2, 0.25) is 0 Å². The molecule has 0 aromatic carbocycles. The van der Waals surface area contributed by atoms with Crippen LogP contribution in [0, 0.1) is 0 Å². The minimum atomic E-state index is -1.53. The monoisotopic (exact) mass is 843 g/mol. The number of carbonyl (C=O) groups excluding carboxylic acids is 1. The fourth-order valence-corrected chi connectivity index (χ4v) is 8.26. The first-order chi connectivity index (χ1) is 28.9. The predicted octanol–water partition coefficient (Wildman–Crippen LogP) is 12.2. The van der Waals surface area contributed by atoms with E-state index in [0.717, 1.165) is 32.1 Å². The first-order valence-electron chi connectivity index (χ1n) is 25.6. The summed E-state index contributed by atoms with van der Waals surface area (Å²) in [4.78, 5) is 12.8. The van der Waals surface area contributed by atoms with Crippen molar-refractivity contribution < 1.29 is 44.2 Å². The van der Waals surface area contributed by atoms with Crippen LogP contribution in [-0.2, 0) is 23.7 Å². The van der Waals surface area contributed by atoms with E-state index < -0.39 is 43.4 Å². The topological polar surface area (TPSA) is 135 Å². The Morgan fingerprint density at radius 3 is 1.20 bits per heavy atom. The Balaban J connectivity index is 2.16. The van der Waals surface area contributed by atoms with Crippen molar-refractivity contribution in [1.29, 1.82) is 0 Å². The minimum absolute atomic E-state index is 0.105. The number of hydrogen-bond acceptors (Lipinski definition) is 9. The zero-order chi connectivity index (χ0) is 42.9. The van der Waals surface area contributed by atoms with Crippen LogP contribution < -0.4 is 0 Å². The highest BCUT2D eigenvalue weighted by atomic mass is 16.7. The summed E-state index contributed by atoms with van der Waals surface area (Å²) in [6.45, 7) is 4.62. The summed E-state index contributed by atoms with van der Waals surface area (Å²) in [5, 5.41) is 40.2. The lowest BCUT2D eigenvalue weighted by Crippen LogP contribution is -2.59. The SMILES string of the molecule is CCCCCCCCCCCCCCCCCCCCCCCCOCC(COC1OC(CO)C(O)C(O)C1O)OC(=O)CCCCCCCCCCCCCCCC. The summed E-state index contributed by atoms with van der Waals surface area (Å²) >= 11 is 0. The van der Waals surface area contributed by atoms with Crippen molar-refractivity contribution in [3.8, 4) is 0 Å². The van der Waals surface area contributed by atoms with Crippen molar-refractivity contribution in [3.63, 3.8) is 0 Å². The molecule has 1 aliphatic heterocycles. The lowest BCUT2D eigenvalue weighted by Gasteiger charge is -2.39. The van der Waals surface area contributed by atoms with Gasteiger partial charge in [-0.3, -0.25) is 4.79 Å². The molecule has 6 unspecified atom stereocenters. The lowest BCUT2D eigenvalue weighted by atomic mass is 9.99. The van der Waals surface area contributed by atoms with Crippen LogP contribution in [0.5, 0.6) is 0 Å². The van der Waals surface area contributed by atoms with E-state index in [9.17, 15) is 25.2 Å². The Kier molecular flexibility index (Phi) is 40.5. The standard InChI is InChI=1S/C50H98O9/c1-3-5-7-9-11-13-15-17-19-20-21-22-23-24-25-26-28-30-32-34-36-38-40-56-42-44(43-57-50-49(55)48(54)47(53)45(41-51)59-50)58-46(52)39-37-35-33-31-29-27-18-16-14-12-10-8-6-4-2/h44-45,47-51,53-55H,3-43H2,1-2H3. The molecule has 352 valence electrons. The average molecular weight is 843 g/mol. The normalized spacial score (nSPS) is 20.0. The fraction of sp³-hybridized carbons (Fsp3) is 0.980. The van der Waals surface area contributed by atoms with Crippen molar-refractivity contribution in [2.45, 2.75) is 288 Å². The average Bonchev–Trinajstić information content (AvgIpc) is 3.24. The molecule has 0 aromatic heterocycles. The number of carbonyl (C=O) groups is 1. The number of unbranched alkanes of at least 4 members (excludes halogenated alkanes) is 34. The third kappa shape index (κ3) is 33.4. The predicted molar refractivity (Wildman–Crippen MR) is 243 cm³/mol. The molecule has 0 aliphatic carbocycles. The molecule has 0 amide bonds. The van der Waals surface area contributed by atoms with Crippen molar-refractivity contribution in [1.82, 2.24) is 0 Å². The van der Waals surface area contributed by atoms with Gasteiger partial charge in [-0.25, -0.2) is 0 Å². The van der Waals surface area contributed by atoms with Crippen LogP contribution in [0.4, 0.5) is 0 Å². The molecule has 9 heteroatoms. The number of hydrogen-bond donors (Lipinski definition) is 4. The molecule has 1 saturated heterocycles. The number of rotatable bonds is 45. The summed E-state index contributed by atoms with van der Waals surface area (Å²) in [6, 6.07) is 0. The zero-order valence-electron chi connectivity index (χ0n) is 38.8. The molecular weight excluding hydrogens is 745 g/mol. The molecular formula is C50H98O9. The summed E-state index contributed by atoms with van der Waals surface area (Å²) in [5.41, 5.74) is 0. The highest BCUT2D eigenvalue weighted by Crippen LogP contribution is 2.23. The Labute approximate surface area is 363 Å². The zero-order valence-corrected chi connectivity index (χ0v) is 38.8. The Morgan fingerprint density at radius 2 is 0.831 bits per heavy atom. The molecule has 0 radical (unpaired) electrons. The second kappa shape index (κ2) is 42.5. The van der Waals surface area contributed by atoms with Crippen LogP contribution in [0.1, 0.15) is 251 Å². The number of aliphatic hydroxyl groups excluding tert-OH is 4. The molecule has 4 N–H and O–H groups in total. The van der Waals surface area contributed by atoms with Gasteiger partial charge in [-0.15, -0.1) is 0 Å². The fourth-order valence-electron chi connectivity index (χ4n) is 8.26. The Bertz CT molecular complexity index is 873. The van der Waals surface area contributed by atoms with Gasteiger partial charge < -0.3 is 39.4 Å². The number of ether oxygens (including phenoxy) is 4. The van der Waals surface area contributed by atoms with E-state index in [1.54, 1.807) is 0 Å². The molecule has 0 bridgehead atoms. The molecule has 6 atom stereocenters. The number of aliphatic hydroxyl groups is 4. The van der Waals surface area contributed by atoms with Crippen molar-refractivity contribution in [2.75, 3.05) is 26.4 Å². The van der Waals surface area contributed by atoms with Gasteiger partial charge in [-0.1, -0.05) is 232 Å². The van der Waals surface area contributed by atoms with Crippen LogP contribution in [-0.4, -0.2) is 89.6 Å². The molecule has 1 fully saturated rings. The third-order valence-corrected chi connectivity index (χ3v) is 12.3. The van der Waals surface area contributed by atoms with E-state index in [4.69, 9.17) is 18.9 Å². The molecule has 59 heavy (non-hydrogen) atoms. The molecule has 0 aromatic rings. The maximum atomic E-state index is 12.8. The molecule has 9 nitrogen and oxygen atoms in total. The van der Waals surface area contributed by atoms with E-state index in [1.165, 1.54) is 199 Å². The Hall–Kier alpha value is -0.810. The summed E-state index contributed by atoms with van der Waals surface area (Å²) in [5.74, 6) is -0.306. The first-order valence-corrected chi connectivity index (χ1v) is 25.6. The Morgan fingerprint density at radius 1 is 0.475 bits per heavy atom. The van der Waals surface area contributed by atoms with Gasteiger partial charge in [0.25, 0.3) is 0 Å². The van der Waals surface area contributed by atoms with Gasteiger partial charge in [-0.05, 0) is 12.8 Å². The maximum absolute atomic E-state index is 12.8. The van der Waals surface area contributed by atoms with E-state index >= 15 is 0 Å². The van der Waals surface area contributed by atoms with Crippen LogP contribution in [0.25, 0.3) is 0 Å². The maximum Gasteiger partial charge on any atom is 0.306 e. The third-order valence-electron chi connectivity index (χ3n) is 12.3. The summed E-state index contributed by atoms with van der Waals surface area (Å²) in [6.07, 6.45) is 40.0. The van der Waals surface area contributed by atoms with Crippen LogP contribution >= 0.6 is 0 Å².